The van der Waals surface area contributed by atoms with Crippen molar-refractivity contribution in [3.63, 3.8) is 0 Å². The molecule has 1 aliphatic rings. The van der Waals surface area contributed by atoms with E-state index in [4.69, 9.17) is 10.5 Å². The fraction of sp³-hybridized carbons (Fsp3) is 0.471. The molecule has 2 atom stereocenters. The smallest absolute Gasteiger partial charge is 0.232 e. The lowest BCUT2D eigenvalue weighted by Crippen LogP contribution is -2.45. The standard InChI is InChI=1S/C17H24N6O/c1-11-4-6-14(7-5-11)19-17-21-15(20-16(18)22-17)10-23-8-12(2)24-13(3)9-23/h4-7,12-13H,8-10H2,1-3H3,(H3,18,19,20,21,22)/t12-,13-/m1/s1. The zero-order chi connectivity index (χ0) is 17.1. The number of anilines is 3. The van der Waals surface area contributed by atoms with E-state index in [1.807, 2.05) is 31.2 Å². The summed E-state index contributed by atoms with van der Waals surface area (Å²) in [5.74, 6) is 1.36. The third-order valence-corrected chi connectivity index (χ3v) is 3.87. The maximum Gasteiger partial charge on any atom is 0.232 e. The minimum Gasteiger partial charge on any atom is -0.373 e. The van der Waals surface area contributed by atoms with Gasteiger partial charge in [-0.25, -0.2) is 0 Å². The summed E-state index contributed by atoms with van der Waals surface area (Å²) in [5.41, 5.74) is 7.97. The van der Waals surface area contributed by atoms with Crippen LogP contribution in [0.15, 0.2) is 24.3 Å². The van der Waals surface area contributed by atoms with Crippen molar-refractivity contribution in [3.8, 4) is 0 Å². The number of morpholine rings is 1. The quantitative estimate of drug-likeness (QED) is 0.888. The Morgan fingerprint density at radius 2 is 1.79 bits per heavy atom. The second-order valence-electron chi connectivity index (χ2n) is 6.38. The molecular weight excluding hydrogens is 304 g/mol. The summed E-state index contributed by atoms with van der Waals surface area (Å²) < 4.78 is 5.76. The van der Waals surface area contributed by atoms with Crippen molar-refractivity contribution in [2.45, 2.75) is 39.5 Å². The van der Waals surface area contributed by atoms with Gasteiger partial charge in [-0.2, -0.15) is 15.0 Å². The van der Waals surface area contributed by atoms with Crippen LogP contribution >= 0.6 is 0 Å². The highest BCUT2D eigenvalue weighted by atomic mass is 16.5. The van der Waals surface area contributed by atoms with Gasteiger partial charge in [0.15, 0.2) is 0 Å². The SMILES string of the molecule is Cc1ccc(Nc2nc(N)nc(CN3C[C@@H](C)O[C@H](C)C3)n2)cc1. The molecule has 0 bridgehead atoms. The summed E-state index contributed by atoms with van der Waals surface area (Å²) in [6.07, 6.45) is 0.413. The fourth-order valence-corrected chi connectivity index (χ4v) is 2.94. The van der Waals surface area contributed by atoms with Crippen LogP contribution in [0.1, 0.15) is 25.2 Å². The number of aromatic nitrogens is 3. The number of hydrogen-bond donors (Lipinski definition) is 2. The van der Waals surface area contributed by atoms with Crippen LogP contribution in [0.5, 0.6) is 0 Å². The third-order valence-electron chi connectivity index (χ3n) is 3.87. The van der Waals surface area contributed by atoms with E-state index in [2.05, 4.69) is 39.0 Å². The van der Waals surface area contributed by atoms with E-state index in [-0.39, 0.29) is 18.2 Å². The number of benzene rings is 1. The number of aryl methyl sites for hydroxylation is 1. The Labute approximate surface area is 142 Å². The van der Waals surface area contributed by atoms with Gasteiger partial charge in [0, 0.05) is 18.8 Å². The Kier molecular flexibility index (Phi) is 4.92. The van der Waals surface area contributed by atoms with Crippen LogP contribution in [-0.2, 0) is 11.3 Å². The van der Waals surface area contributed by atoms with E-state index >= 15 is 0 Å². The van der Waals surface area contributed by atoms with Gasteiger partial charge in [-0.05, 0) is 32.9 Å². The van der Waals surface area contributed by atoms with Crippen molar-refractivity contribution in [1.29, 1.82) is 0 Å². The van der Waals surface area contributed by atoms with Crippen LogP contribution in [0.3, 0.4) is 0 Å². The predicted molar refractivity (Wildman–Crippen MR) is 94.0 cm³/mol. The van der Waals surface area contributed by atoms with Gasteiger partial charge < -0.3 is 15.8 Å². The van der Waals surface area contributed by atoms with Crippen LogP contribution in [0.2, 0.25) is 0 Å². The van der Waals surface area contributed by atoms with Crippen molar-refractivity contribution >= 4 is 17.6 Å². The molecule has 7 nitrogen and oxygen atoms in total. The maximum atomic E-state index is 5.85. The third kappa shape index (κ3) is 4.39. The Hall–Kier alpha value is -2.25. The molecule has 0 unspecified atom stereocenters. The predicted octanol–water partition coefficient (Wildman–Crippen LogP) is 2.12. The summed E-state index contributed by atoms with van der Waals surface area (Å²) in [6, 6.07) is 8.04. The lowest BCUT2D eigenvalue weighted by atomic mass is 10.2. The van der Waals surface area contributed by atoms with Gasteiger partial charge in [0.1, 0.15) is 5.82 Å². The summed E-state index contributed by atoms with van der Waals surface area (Å²) in [5, 5.41) is 3.18. The lowest BCUT2D eigenvalue weighted by molar-refractivity contribution is -0.0710. The molecule has 1 aromatic heterocycles. The number of nitrogens with zero attached hydrogens (tertiary/aromatic N) is 4. The summed E-state index contributed by atoms with van der Waals surface area (Å²) in [7, 11) is 0. The Balaban J connectivity index is 1.72. The number of ether oxygens (including phenoxy) is 1. The fourth-order valence-electron chi connectivity index (χ4n) is 2.94. The van der Waals surface area contributed by atoms with Crippen molar-refractivity contribution in [3.05, 3.63) is 35.7 Å². The topological polar surface area (TPSA) is 89.2 Å². The molecule has 0 spiro atoms. The molecule has 3 rings (SSSR count). The molecule has 1 aromatic carbocycles. The largest absolute Gasteiger partial charge is 0.373 e. The van der Waals surface area contributed by atoms with E-state index in [1.54, 1.807) is 0 Å². The van der Waals surface area contributed by atoms with Crippen molar-refractivity contribution in [2.24, 2.45) is 0 Å². The zero-order valence-electron chi connectivity index (χ0n) is 14.4. The molecule has 3 N–H and O–H groups in total. The van der Waals surface area contributed by atoms with E-state index in [0.717, 1.165) is 18.8 Å². The van der Waals surface area contributed by atoms with Gasteiger partial charge in [-0.15, -0.1) is 0 Å². The van der Waals surface area contributed by atoms with Crippen molar-refractivity contribution < 1.29 is 4.74 Å². The summed E-state index contributed by atoms with van der Waals surface area (Å²) in [4.78, 5) is 15.2. The van der Waals surface area contributed by atoms with E-state index < -0.39 is 0 Å². The van der Waals surface area contributed by atoms with Crippen LogP contribution in [0.4, 0.5) is 17.6 Å². The van der Waals surface area contributed by atoms with Crippen LogP contribution in [-0.4, -0.2) is 45.1 Å². The molecule has 0 radical (unpaired) electrons. The molecule has 2 aromatic rings. The lowest BCUT2D eigenvalue weighted by Gasteiger charge is -2.34. The maximum absolute atomic E-state index is 5.85. The molecule has 0 saturated carbocycles. The highest BCUT2D eigenvalue weighted by molar-refractivity contribution is 5.54. The number of nitrogens with two attached hydrogens (primary N) is 1. The molecule has 2 heterocycles. The number of hydrogen-bond acceptors (Lipinski definition) is 7. The molecule has 128 valence electrons. The highest BCUT2D eigenvalue weighted by Gasteiger charge is 2.23. The van der Waals surface area contributed by atoms with Crippen LogP contribution in [0, 0.1) is 6.92 Å². The average Bonchev–Trinajstić information content (AvgIpc) is 2.48. The molecule has 0 amide bonds. The van der Waals surface area contributed by atoms with Gasteiger partial charge in [0.25, 0.3) is 0 Å². The van der Waals surface area contributed by atoms with Crippen molar-refractivity contribution in [1.82, 2.24) is 19.9 Å². The zero-order valence-corrected chi connectivity index (χ0v) is 14.4. The normalized spacial score (nSPS) is 21.6. The molecule has 1 aliphatic heterocycles. The molecule has 1 saturated heterocycles. The summed E-state index contributed by atoms with van der Waals surface area (Å²) in [6.45, 7) is 8.55. The second kappa shape index (κ2) is 7.11. The van der Waals surface area contributed by atoms with Gasteiger partial charge in [-0.1, -0.05) is 17.7 Å². The van der Waals surface area contributed by atoms with E-state index in [1.165, 1.54) is 5.56 Å². The average molecular weight is 328 g/mol. The molecule has 1 fully saturated rings. The number of nitrogens with one attached hydrogen (secondary N) is 1. The van der Waals surface area contributed by atoms with Crippen LogP contribution in [0.25, 0.3) is 0 Å². The summed E-state index contributed by atoms with van der Waals surface area (Å²) >= 11 is 0. The van der Waals surface area contributed by atoms with Gasteiger partial charge in [-0.3, -0.25) is 4.90 Å². The van der Waals surface area contributed by atoms with Gasteiger partial charge in [0.05, 0.1) is 18.8 Å². The van der Waals surface area contributed by atoms with Crippen molar-refractivity contribution in [2.75, 3.05) is 24.1 Å². The monoisotopic (exact) mass is 328 g/mol. The van der Waals surface area contributed by atoms with E-state index in [9.17, 15) is 0 Å². The first-order chi connectivity index (χ1) is 11.5. The number of rotatable bonds is 4. The second-order valence-corrected chi connectivity index (χ2v) is 6.38. The van der Waals surface area contributed by atoms with Gasteiger partial charge >= 0.3 is 0 Å². The Bertz CT molecular complexity index is 680. The van der Waals surface area contributed by atoms with Crippen LogP contribution < -0.4 is 11.1 Å². The minimum atomic E-state index is 0.207. The Morgan fingerprint density at radius 1 is 1.12 bits per heavy atom. The van der Waals surface area contributed by atoms with Gasteiger partial charge in [0.2, 0.25) is 11.9 Å². The van der Waals surface area contributed by atoms with E-state index in [0.29, 0.717) is 18.3 Å². The first-order valence-corrected chi connectivity index (χ1v) is 8.20. The Morgan fingerprint density at radius 3 is 2.46 bits per heavy atom. The molecular formula is C17H24N6O. The first kappa shape index (κ1) is 16.6. The number of nitrogen functional groups attached to an aromatic ring is 1. The first-order valence-electron chi connectivity index (χ1n) is 8.20. The molecule has 7 heteroatoms. The molecule has 0 aliphatic carbocycles. The molecule has 24 heavy (non-hydrogen) atoms. The highest BCUT2D eigenvalue weighted by Crippen LogP contribution is 2.16. The minimum absolute atomic E-state index is 0.207.